The summed E-state index contributed by atoms with van der Waals surface area (Å²) in [6.07, 6.45) is 1.11. The Morgan fingerprint density at radius 1 is 1.06 bits per heavy atom. The number of nitrogens with zero attached hydrogens (tertiary/aromatic N) is 2. The van der Waals surface area contributed by atoms with Crippen LogP contribution in [0.3, 0.4) is 0 Å². The van der Waals surface area contributed by atoms with E-state index in [9.17, 15) is 27.6 Å². The van der Waals surface area contributed by atoms with E-state index in [1.807, 2.05) is 0 Å². The normalized spacial score (nSPS) is 18.5. The van der Waals surface area contributed by atoms with Gasteiger partial charge in [0.2, 0.25) is 29.5 Å². The van der Waals surface area contributed by atoms with Gasteiger partial charge in [-0.05, 0) is 42.3 Å². The number of rotatable bonds is 7. The minimum absolute atomic E-state index is 0.0936. The highest BCUT2D eigenvalue weighted by Gasteiger charge is 2.66. The third-order valence-electron chi connectivity index (χ3n) is 5.47. The molecule has 1 fully saturated rings. The van der Waals surface area contributed by atoms with Crippen molar-refractivity contribution in [1.82, 2.24) is 9.97 Å². The minimum Gasteiger partial charge on any atom is -0.436 e. The first-order valence-corrected chi connectivity index (χ1v) is 10.2. The number of carbonyl (C=O) groups is 3. The average Bonchev–Trinajstić information content (AvgIpc) is 3.54. The third-order valence-corrected chi connectivity index (χ3v) is 5.47. The number of anilines is 2. The number of halogens is 3. The van der Waals surface area contributed by atoms with Gasteiger partial charge in [-0.2, -0.15) is 4.98 Å². The lowest BCUT2D eigenvalue weighted by Crippen LogP contribution is -2.37. The molecule has 4 rings (SSSR count). The number of amides is 3. The first-order valence-electron chi connectivity index (χ1n) is 10.2. The zero-order valence-electron chi connectivity index (χ0n) is 18.1. The molecule has 2 aromatic carbocycles. The summed E-state index contributed by atoms with van der Waals surface area (Å²) in [7, 11) is 0. The number of nitrogens with one attached hydrogen (secondary N) is 2. The van der Waals surface area contributed by atoms with Gasteiger partial charge in [0.25, 0.3) is 0 Å². The number of carbonyl (C=O) groups excluding carboxylic acids is 3. The molecule has 1 aliphatic carbocycles. The average molecular weight is 485 g/mol. The predicted molar refractivity (Wildman–Crippen MR) is 117 cm³/mol. The highest BCUT2D eigenvalue weighted by molar-refractivity contribution is 6.14. The molecule has 0 radical (unpaired) electrons. The molecule has 2 atom stereocenters. The van der Waals surface area contributed by atoms with Gasteiger partial charge >= 0.3 is 0 Å². The van der Waals surface area contributed by atoms with Gasteiger partial charge in [-0.25, -0.2) is 18.2 Å². The van der Waals surface area contributed by atoms with Gasteiger partial charge in [0.1, 0.15) is 17.0 Å². The Hall–Kier alpha value is -4.48. The zero-order chi connectivity index (χ0) is 25.3. The molecule has 9 nitrogen and oxygen atoms in total. The number of hydrogen-bond donors (Lipinski definition) is 3. The number of nitrogens with two attached hydrogens (primary N) is 1. The van der Waals surface area contributed by atoms with E-state index in [4.69, 9.17) is 10.5 Å². The first-order chi connectivity index (χ1) is 16.6. The van der Waals surface area contributed by atoms with Crippen LogP contribution in [0.25, 0.3) is 0 Å². The highest BCUT2D eigenvalue weighted by Crippen LogP contribution is 2.60. The molecule has 1 aromatic heterocycles. The van der Waals surface area contributed by atoms with Crippen molar-refractivity contribution in [2.24, 2.45) is 11.1 Å². The molecule has 0 bridgehead atoms. The molecule has 1 aliphatic rings. The highest BCUT2D eigenvalue weighted by atomic mass is 19.1. The number of ether oxygens (including phenoxy) is 1. The van der Waals surface area contributed by atoms with E-state index in [1.54, 1.807) is 0 Å². The van der Waals surface area contributed by atoms with Crippen LogP contribution in [0, 0.1) is 22.9 Å². The van der Waals surface area contributed by atoms with Gasteiger partial charge in [-0.15, -0.1) is 0 Å². The van der Waals surface area contributed by atoms with Gasteiger partial charge < -0.3 is 15.8 Å². The second kappa shape index (κ2) is 9.05. The largest absolute Gasteiger partial charge is 0.436 e. The van der Waals surface area contributed by atoms with Crippen LogP contribution >= 0.6 is 0 Å². The Morgan fingerprint density at radius 2 is 1.77 bits per heavy atom. The molecule has 3 amide bonds. The third kappa shape index (κ3) is 4.76. The molecule has 4 N–H and O–H groups in total. The van der Waals surface area contributed by atoms with Gasteiger partial charge in [0.15, 0.2) is 11.6 Å². The van der Waals surface area contributed by atoms with Crippen LogP contribution in [0.2, 0.25) is 0 Å². The SMILES string of the molecule is CC(=O)Nc1nccc(Oc2cc(F)c(C3CC3(C(N)=O)C(=O)Nc3ccc(F)cc3)cc2F)n1. The zero-order valence-corrected chi connectivity index (χ0v) is 18.1. The Kier molecular flexibility index (Phi) is 6.12. The summed E-state index contributed by atoms with van der Waals surface area (Å²) in [6.45, 7) is 1.24. The monoisotopic (exact) mass is 485 g/mol. The van der Waals surface area contributed by atoms with Crippen molar-refractivity contribution < 1.29 is 32.3 Å². The van der Waals surface area contributed by atoms with Crippen molar-refractivity contribution in [2.75, 3.05) is 10.6 Å². The number of aromatic nitrogens is 2. The second-order valence-corrected chi connectivity index (χ2v) is 7.86. The molecule has 3 aromatic rings. The fraction of sp³-hybridized carbons (Fsp3) is 0.174. The molecule has 1 heterocycles. The van der Waals surface area contributed by atoms with E-state index in [2.05, 4.69) is 20.6 Å². The predicted octanol–water partition coefficient (Wildman–Crippen LogP) is 3.24. The van der Waals surface area contributed by atoms with Crippen LogP contribution in [-0.4, -0.2) is 27.7 Å². The van der Waals surface area contributed by atoms with Crippen molar-refractivity contribution in [3.63, 3.8) is 0 Å². The molecule has 2 unspecified atom stereocenters. The van der Waals surface area contributed by atoms with E-state index in [-0.39, 0.29) is 29.5 Å². The van der Waals surface area contributed by atoms with Gasteiger partial charge in [-0.3, -0.25) is 19.7 Å². The van der Waals surface area contributed by atoms with Crippen LogP contribution in [0.5, 0.6) is 11.6 Å². The lowest BCUT2D eigenvalue weighted by molar-refractivity contribution is -0.132. The maximum absolute atomic E-state index is 15.0. The van der Waals surface area contributed by atoms with Gasteiger partial charge in [-0.1, -0.05) is 0 Å². The quantitative estimate of drug-likeness (QED) is 0.440. The van der Waals surface area contributed by atoms with Gasteiger partial charge in [0, 0.05) is 36.9 Å². The van der Waals surface area contributed by atoms with Crippen LogP contribution in [0.4, 0.5) is 24.8 Å². The number of benzene rings is 2. The van der Waals surface area contributed by atoms with Crippen molar-refractivity contribution in [3.05, 3.63) is 71.7 Å². The summed E-state index contributed by atoms with van der Waals surface area (Å²) in [5.41, 5.74) is 3.64. The maximum atomic E-state index is 15.0. The van der Waals surface area contributed by atoms with E-state index >= 15 is 0 Å². The molecule has 35 heavy (non-hydrogen) atoms. The lowest BCUT2D eigenvalue weighted by atomic mass is 9.96. The summed E-state index contributed by atoms with van der Waals surface area (Å²) in [5.74, 6) is -6.48. The molecule has 180 valence electrons. The molecule has 0 saturated heterocycles. The minimum atomic E-state index is -1.80. The van der Waals surface area contributed by atoms with E-state index in [1.165, 1.54) is 31.3 Å². The fourth-order valence-electron chi connectivity index (χ4n) is 3.67. The fourth-order valence-corrected chi connectivity index (χ4v) is 3.67. The first kappa shape index (κ1) is 23.7. The van der Waals surface area contributed by atoms with Crippen molar-refractivity contribution in [2.45, 2.75) is 19.3 Å². The smallest absolute Gasteiger partial charge is 0.240 e. The summed E-state index contributed by atoms with van der Waals surface area (Å²) in [6, 6.07) is 7.65. The molecule has 1 saturated carbocycles. The van der Waals surface area contributed by atoms with E-state index in [0.29, 0.717) is 0 Å². The second-order valence-electron chi connectivity index (χ2n) is 7.86. The summed E-state index contributed by atoms with van der Waals surface area (Å²) < 4.78 is 48.1. The van der Waals surface area contributed by atoms with E-state index in [0.717, 1.165) is 24.3 Å². The standard InChI is InChI=1S/C23H18F3N5O4/c1-11(32)29-22-28-7-6-19(31-22)35-18-9-16(25)14(8-17(18)26)15-10-23(15,20(27)33)21(34)30-13-4-2-12(24)3-5-13/h2-9,15H,10H2,1H3,(H2,27,33)(H,30,34)(H,28,29,31,32). The molecule has 12 heteroatoms. The summed E-state index contributed by atoms with van der Waals surface area (Å²) in [5, 5.41) is 4.79. The lowest BCUT2D eigenvalue weighted by Gasteiger charge is -2.15. The Morgan fingerprint density at radius 3 is 2.43 bits per heavy atom. The molecule has 0 aliphatic heterocycles. The molecular formula is C23H18F3N5O4. The van der Waals surface area contributed by atoms with Gasteiger partial charge in [0.05, 0.1) is 0 Å². The maximum Gasteiger partial charge on any atom is 0.240 e. The van der Waals surface area contributed by atoms with Crippen LogP contribution in [0.1, 0.15) is 24.8 Å². The van der Waals surface area contributed by atoms with Crippen LogP contribution < -0.4 is 21.1 Å². The van der Waals surface area contributed by atoms with Crippen molar-refractivity contribution >= 4 is 29.4 Å². The summed E-state index contributed by atoms with van der Waals surface area (Å²) in [4.78, 5) is 43.8. The number of hydrogen-bond acceptors (Lipinski definition) is 6. The Balaban J connectivity index is 1.56. The topological polar surface area (TPSA) is 136 Å². The Bertz CT molecular complexity index is 1340. The Labute approximate surface area is 196 Å². The summed E-state index contributed by atoms with van der Waals surface area (Å²) >= 11 is 0. The van der Waals surface area contributed by atoms with Crippen molar-refractivity contribution in [1.29, 1.82) is 0 Å². The molecule has 0 spiro atoms. The van der Waals surface area contributed by atoms with Crippen LogP contribution in [-0.2, 0) is 14.4 Å². The van der Waals surface area contributed by atoms with Crippen molar-refractivity contribution in [3.8, 4) is 11.6 Å². The van der Waals surface area contributed by atoms with Crippen LogP contribution in [0.15, 0.2) is 48.7 Å². The van der Waals surface area contributed by atoms with E-state index < -0.39 is 52.3 Å². The molecular weight excluding hydrogens is 467 g/mol. The number of primary amides is 1.